The van der Waals surface area contributed by atoms with E-state index >= 15 is 0 Å². The van der Waals surface area contributed by atoms with Crippen LogP contribution < -0.4 is 10.2 Å². The summed E-state index contributed by atoms with van der Waals surface area (Å²) in [7, 11) is 0. The lowest BCUT2D eigenvalue weighted by Crippen LogP contribution is -2.19. The minimum absolute atomic E-state index is 0.268. The van der Waals surface area contributed by atoms with Gasteiger partial charge in [0.15, 0.2) is 0 Å². The second kappa shape index (κ2) is 8.58. The first-order chi connectivity index (χ1) is 12.7. The van der Waals surface area contributed by atoms with Gasteiger partial charge in [0.25, 0.3) is 5.91 Å². The van der Waals surface area contributed by atoms with Crippen LogP contribution in [0.2, 0.25) is 0 Å². The maximum absolute atomic E-state index is 12.2. The Morgan fingerprint density at radius 2 is 1.73 bits per heavy atom. The predicted molar refractivity (Wildman–Crippen MR) is 101 cm³/mol. The van der Waals surface area contributed by atoms with Gasteiger partial charge >= 0.3 is 0 Å². The van der Waals surface area contributed by atoms with E-state index < -0.39 is 0 Å². The Morgan fingerprint density at radius 3 is 2.42 bits per heavy atom. The number of rotatable bonds is 6. The molecule has 0 unspecified atom stereocenters. The molecule has 1 heterocycles. The van der Waals surface area contributed by atoms with Crippen LogP contribution >= 0.6 is 0 Å². The first-order valence-electron chi connectivity index (χ1n) is 8.25. The van der Waals surface area contributed by atoms with Gasteiger partial charge in [-0.3, -0.25) is 9.78 Å². The number of nitrogens with one attached hydrogen (secondary N) is 1. The molecule has 0 bridgehead atoms. The fourth-order valence-corrected chi connectivity index (χ4v) is 2.27. The first kappa shape index (κ1) is 17.4. The second-order valence-electron chi connectivity index (χ2n) is 5.65. The molecule has 0 spiro atoms. The van der Waals surface area contributed by atoms with Crippen molar-refractivity contribution < 1.29 is 9.53 Å². The minimum Gasteiger partial charge on any atom is -0.489 e. The van der Waals surface area contributed by atoms with Crippen LogP contribution in [0.1, 0.15) is 28.5 Å². The van der Waals surface area contributed by atoms with E-state index in [4.69, 9.17) is 4.74 Å². The zero-order valence-electron chi connectivity index (χ0n) is 14.4. The summed E-state index contributed by atoms with van der Waals surface area (Å²) in [6, 6.07) is 22.4. The van der Waals surface area contributed by atoms with Gasteiger partial charge in [-0.25, -0.2) is 5.43 Å². The smallest absolute Gasteiger partial charge is 0.271 e. The highest BCUT2D eigenvalue weighted by atomic mass is 16.5. The third-order valence-corrected chi connectivity index (χ3v) is 3.73. The van der Waals surface area contributed by atoms with Crippen LogP contribution in [0.4, 0.5) is 0 Å². The molecule has 0 aliphatic carbocycles. The molecule has 3 rings (SSSR count). The number of benzene rings is 2. The van der Waals surface area contributed by atoms with Crippen molar-refractivity contribution in [1.82, 2.24) is 10.4 Å². The van der Waals surface area contributed by atoms with Crippen LogP contribution in [-0.2, 0) is 6.61 Å². The van der Waals surface area contributed by atoms with E-state index in [0.29, 0.717) is 17.9 Å². The van der Waals surface area contributed by atoms with Crippen LogP contribution in [0.5, 0.6) is 5.75 Å². The summed E-state index contributed by atoms with van der Waals surface area (Å²) in [6.07, 6.45) is 1.69. The predicted octanol–water partition coefficient (Wildman–Crippen LogP) is 3.81. The molecule has 0 saturated heterocycles. The van der Waals surface area contributed by atoms with Gasteiger partial charge in [-0.1, -0.05) is 36.4 Å². The molecule has 26 heavy (non-hydrogen) atoms. The number of para-hydroxylation sites is 1. The van der Waals surface area contributed by atoms with Crippen LogP contribution in [0, 0.1) is 0 Å². The van der Waals surface area contributed by atoms with Crippen molar-refractivity contribution in [1.29, 1.82) is 0 Å². The molecule has 0 fully saturated rings. The number of carbonyl (C=O) groups excluding carboxylic acids is 1. The molecule has 2 aromatic carbocycles. The number of hydrogen-bond acceptors (Lipinski definition) is 4. The Bertz CT molecular complexity index is 876. The third-order valence-electron chi connectivity index (χ3n) is 3.73. The number of amides is 1. The molecule has 1 N–H and O–H groups in total. The average Bonchev–Trinajstić information content (AvgIpc) is 2.72. The van der Waals surface area contributed by atoms with Crippen LogP contribution in [-0.4, -0.2) is 16.6 Å². The molecule has 0 saturated carbocycles. The van der Waals surface area contributed by atoms with E-state index in [1.54, 1.807) is 25.3 Å². The average molecular weight is 345 g/mol. The lowest BCUT2D eigenvalue weighted by atomic mass is 10.1. The second-order valence-corrected chi connectivity index (χ2v) is 5.65. The zero-order chi connectivity index (χ0) is 18.2. The van der Waals surface area contributed by atoms with E-state index in [1.165, 1.54) is 0 Å². The number of aromatic nitrogens is 1. The van der Waals surface area contributed by atoms with E-state index in [-0.39, 0.29) is 5.91 Å². The van der Waals surface area contributed by atoms with Crippen molar-refractivity contribution in [3.8, 4) is 5.75 Å². The number of carbonyl (C=O) groups is 1. The lowest BCUT2D eigenvalue weighted by molar-refractivity contribution is 0.0955. The molecule has 0 atom stereocenters. The Labute approximate surface area is 152 Å². The van der Waals surface area contributed by atoms with Gasteiger partial charge in [0.05, 0.1) is 11.4 Å². The Balaban J connectivity index is 1.57. The normalized spacial score (nSPS) is 11.0. The van der Waals surface area contributed by atoms with Crippen molar-refractivity contribution in [2.45, 2.75) is 13.5 Å². The Morgan fingerprint density at radius 1 is 1.00 bits per heavy atom. The van der Waals surface area contributed by atoms with Crippen LogP contribution in [0.3, 0.4) is 0 Å². The van der Waals surface area contributed by atoms with Gasteiger partial charge in [-0.05, 0) is 48.9 Å². The third kappa shape index (κ3) is 4.77. The fraction of sp³-hybridized carbons (Fsp3) is 0.0952. The largest absolute Gasteiger partial charge is 0.489 e. The number of pyridine rings is 1. The Kier molecular flexibility index (Phi) is 5.72. The molecule has 3 aromatic rings. The quantitative estimate of drug-likeness (QED) is 0.546. The van der Waals surface area contributed by atoms with E-state index in [0.717, 1.165) is 17.0 Å². The van der Waals surface area contributed by atoms with E-state index in [1.807, 2.05) is 60.7 Å². The van der Waals surface area contributed by atoms with E-state index in [2.05, 4.69) is 15.5 Å². The van der Waals surface area contributed by atoms with Crippen molar-refractivity contribution in [3.05, 3.63) is 95.8 Å². The molecule has 1 amide bonds. The van der Waals surface area contributed by atoms with Gasteiger partial charge in [0, 0.05) is 11.8 Å². The molecule has 1 aromatic heterocycles. The highest BCUT2D eigenvalue weighted by Gasteiger charge is 2.06. The summed E-state index contributed by atoms with van der Waals surface area (Å²) >= 11 is 0. The minimum atomic E-state index is -0.268. The maximum Gasteiger partial charge on any atom is 0.271 e. The number of nitrogens with zero attached hydrogens (tertiary/aromatic N) is 2. The van der Waals surface area contributed by atoms with E-state index in [9.17, 15) is 4.79 Å². The molecule has 0 aliphatic heterocycles. The first-order valence-corrected chi connectivity index (χ1v) is 8.25. The topological polar surface area (TPSA) is 63.6 Å². The summed E-state index contributed by atoms with van der Waals surface area (Å²) < 4.78 is 5.69. The molecule has 130 valence electrons. The SMILES string of the molecule is C/C(=N/NC(=O)c1ccc(COc2ccccc2)cc1)c1ccccn1. The summed E-state index contributed by atoms with van der Waals surface area (Å²) in [6.45, 7) is 2.25. The summed E-state index contributed by atoms with van der Waals surface area (Å²) in [5.74, 6) is 0.546. The van der Waals surface area contributed by atoms with Gasteiger partial charge in [-0.2, -0.15) is 5.10 Å². The number of hydrazone groups is 1. The maximum atomic E-state index is 12.2. The van der Waals surface area contributed by atoms with Gasteiger partial charge in [-0.15, -0.1) is 0 Å². The van der Waals surface area contributed by atoms with Gasteiger partial charge < -0.3 is 4.74 Å². The number of hydrogen-bond donors (Lipinski definition) is 1. The molecular formula is C21H19N3O2. The summed E-state index contributed by atoms with van der Waals surface area (Å²) in [4.78, 5) is 16.4. The molecule has 0 radical (unpaired) electrons. The Hall–Kier alpha value is -3.47. The summed E-state index contributed by atoms with van der Waals surface area (Å²) in [5, 5.41) is 4.10. The molecule has 0 aliphatic rings. The standard InChI is InChI=1S/C21H19N3O2/c1-16(20-9-5-6-14-22-20)23-24-21(25)18-12-10-17(11-13-18)15-26-19-7-3-2-4-8-19/h2-14H,15H2,1H3,(H,24,25)/b23-16-. The fourth-order valence-electron chi connectivity index (χ4n) is 2.27. The lowest BCUT2D eigenvalue weighted by Gasteiger charge is -2.07. The van der Waals surface area contributed by atoms with Crippen LogP contribution in [0.15, 0.2) is 84.1 Å². The summed E-state index contributed by atoms with van der Waals surface area (Å²) in [5.41, 5.74) is 5.44. The van der Waals surface area contributed by atoms with Crippen molar-refractivity contribution >= 4 is 11.6 Å². The number of ether oxygens (including phenoxy) is 1. The van der Waals surface area contributed by atoms with Crippen molar-refractivity contribution in [3.63, 3.8) is 0 Å². The zero-order valence-corrected chi connectivity index (χ0v) is 14.4. The monoisotopic (exact) mass is 345 g/mol. The molecule has 5 heteroatoms. The van der Waals surface area contributed by atoms with Crippen molar-refractivity contribution in [2.24, 2.45) is 5.10 Å². The highest BCUT2D eigenvalue weighted by Crippen LogP contribution is 2.12. The van der Waals surface area contributed by atoms with Crippen LogP contribution in [0.25, 0.3) is 0 Å². The highest BCUT2D eigenvalue weighted by molar-refractivity contribution is 5.99. The van der Waals surface area contributed by atoms with Crippen molar-refractivity contribution in [2.75, 3.05) is 0 Å². The molecular weight excluding hydrogens is 326 g/mol. The van der Waals surface area contributed by atoms with Gasteiger partial charge in [0.2, 0.25) is 0 Å². The molecule has 5 nitrogen and oxygen atoms in total. The van der Waals surface area contributed by atoms with Gasteiger partial charge in [0.1, 0.15) is 12.4 Å².